The van der Waals surface area contributed by atoms with Gasteiger partial charge in [0.1, 0.15) is 12.4 Å². The molecule has 1 aliphatic rings. The zero-order valence-corrected chi connectivity index (χ0v) is 15.5. The van der Waals surface area contributed by atoms with Gasteiger partial charge in [0.15, 0.2) is 5.76 Å². The van der Waals surface area contributed by atoms with Crippen LogP contribution in [0.4, 0.5) is 0 Å². The number of amides is 1. The first-order valence-corrected chi connectivity index (χ1v) is 9.68. The standard InChI is InChI=1S/C20H19N3O3S/c24-10-2-4-15-12-18(27-14-15)19-21-7-9-23(19)16-5-1-8-22(13-16)20(25)17-6-3-11-26-17/h3,6-7,9,11-12,14,16,24H,1,5,8,10,13H2. The Hall–Kier alpha value is -2.82. The van der Waals surface area contributed by atoms with Gasteiger partial charge in [0, 0.05) is 36.4 Å². The first-order valence-electron chi connectivity index (χ1n) is 8.80. The summed E-state index contributed by atoms with van der Waals surface area (Å²) in [5.41, 5.74) is 0.872. The van der Waals surface area contributed by atoms with Gasteiger partial charge in [-0.2, -0.15) is 0 Å². The molecule has 1 amide bonds. The van der Waals surface area contributed by atoms with Gasteiger partial charge >= 0.3 is 0 Å². The Morgan fingerprint density at radius 2 is 2.41 bits per heavy atom. The van der Waals surface area contributed by atoms with E-state index in [4.69, 9.17) is 9.52 Å². The molecule has 4 heterocycles. The summed E-state index contributed by atoms with van der Waals surface area (Å²) in [7, 11) is 0. The minimum Gasteiger partial charge on any atom is -0.459 e. The van der Waals surface area contributed by atoms with E-state index in [-0.39, 0.29) is 18.6 Å². The number of carbonyl (C=O) groups excluding carboxylic acids is 1. The Morgan fingerprint density at radius 3 is 3.22 bits per heavy atom. The third-order valence-corrected chi connectivity index (χ3v) is 5.54. The van der Waals surface area contributed by atoms with Crippen molar-refractivity contribution in [2.75, 3.05) is 19.7 Å². The molecular weight excluding hydrogens is 362 g/mol. The van der Waals surface area contributed by atoms with E-state index in [9.17, 15) is 4.79 Å². The Labute approximate surface area is 161 Å². The third-order valence-electron chi connectivity index (χ3n) is 4.61. The number of thiophene rings is 1. The lowest BCUT2D eigenvalue weighted by molar-refractivity contribution is 0.0648. The third kappa shape index (κ3) is 3.68. The molecule has 1 unspecified atom stereocenters. The van der Waals surface area contributed by atoms with Gasteiger partial charge in [-0.3, -0.25) is 4.79 Å². The Morgan fingerprint density at radius 1 is 1.48 bits per heavy atom. The lowest BCUT2D eigenvalue weighted by Gasteiger charge is -2.33. The van der Waals surface area contributed by atoms with Gasteiger partial charge in [-0.15, -0.1) is 11.3 Å². The van der Waals surface area contributed by atoms with E-state index in [2.05, 4.69) is 21.4 Å². The van der Waals surface area contributed by atoms with Gasteiger partial charge < -0.3 is 19.0 Å². The molecule has 7 heteroatoms. The minimum atomic E-state index is -0.151. The molecule has 0 saturated carbocycles. The molecule has 4 rings (SSSR count). The van der Waals surface area contributed by atoms with Gasteiger partial charge in [0.25, 0.3) is 5.91 Å². The fourth-order valence-corrected chi connectivity index (χ4v) is 4.22. The fraction of sp³-hybridized carbons (Fsp3) is 0.300. The number of hydrogen-bond acceptors (Lipinski definition) is 5. The van der Waals surface area contributed by atoms with Crippen LogP contribution in [0.25, 0.3) is 10.7 Å². The fourth-order valence-electron chi connectivity index (χ4n) is 3.38. The number of aromatic nitrogens is 2. The van der Waals surface area contributed by atoms with Crippen LogP contribution in [-0.4, -0.2) is 45.2 Å². The summed E-state index contributed by atoms with van der Waals surface area (Å²) in [4.78, 5) is 20.0. The summed E-state index contributed by atoms with van der Waals surface area (Å²) in [6, 6.07) is 5.59. The number of furan rings is 1. The molecule has 0 aliphatic carbocycles. The monoisotopic (exact) mass is 381 g/mol. The lowest BCUT2D eigenvalue weighted by atomic mass is 10.0. The van der Waals surface area contributed by atoms with Crippen molar-refractivity contribution >= 4 is 17.2 Å². The lowest BCUT2D eigenvalue weighted by Crippen LogP contribution is -2.40. The second kappa shape index (κ2) is 7.82. The number of imidazole rings is 1. The van der Waals surface area contributed by atoms with Crippen molar-refractivity contribution in [2.45, 2.75) is 18.9 Å². The first kappa shape index (κ1) is 17.6. The molecule has 138 valence electrons. The molecule has 1 fully saturated rings. The largest absolute Gasteiger partial charge is 0.459 e. The molecule has 0 spiro atoms. The van der Waals surface area contributed by atoms with E-state index >= 15 is 0 Å². The maximum Gasteiger partial charge on any atom is 0.289 e. The van der Waals surface area contributed by atoms with Crippen molar-refractivity contribution in [3.8, 4) is 22.5 Å². The van der Waals surface area contributed by atoms with Crippen LogP contribution in [0.15, 0.2) is 46.7 Å². The van der Waals surface area contributed by atoms with Gasteiger partial charge in [-0.25, -0.2) is 4.98 Å². The molecule has 27 heavy (non-hydrogen) atoms. The molecule has 3 aromatic heterocycles. The van der Waals surface area contributed by atoms with Crippen LogP contribution in [0.1, 0.15) is 35.0 Å². The molecule has 1 N–H and O–H groups in total. The normalized spacial score (nSPS) is 16.8. The summed E-state index contributed by atoms with van der Waals surface area (Å²) in [5.74, 6) is 6.79. The summed E-state index contributed by atoms with van der Waals surface area (Å²) < 4.78 is 7.41. The smallest absolute Gasteiger partial charge is 0.289 e. The number of hydrogen-bond donors (Lipinski definition) is 1. The summed E-state index contributed by atoms with van der Waals surface area (Å²) in [6.07, 6.45) is 7.22. The van der Waals surface area contributed by atoms with E-state index in [1.54, 1.807) is 29.7 Å². The van der Waals surface area contributed by atoms with Crippen LogP contribution in [0.2, 0.25) is 0 Å². The number of nitrogens with zero attached hydrogens (tertiary/aromatic N) is 3. The average Bonchev–Trinajstić information content (AvgIpc) is 3.46. The zero-order chi connectivity index (χ0) is 18.6. The number of carbonyl (C=O) groups is 1. The molecular formula is C20H19N3O3S. The van der Waals surface area contributed by atoms with Crippen LogP contribution < -0.4 is 0 Å². The van der Waals surface area contributed by atoms with Gasteiger partial charge in [-0.05, 0) is 31.0 Å². The highest BCUT2D eigenvalue weighted by Gasteiger charge is 2.28. The van der Waals surface area contributed by atoms with E-state index in [1.807, 2.05) is 22.5 Å². The van der Waals surface area contributed by atoms with E-state index in [0.717, 1.165) is 35.7 Å². The highest BCUT2D eigenvalue weighted by molar-refractivity contribution is 7.13. The highest BCUT2D eigenvalue weighted by atomic mass is 32.1. The average molecular weight is 381 g/mol. The summed E-state index contributed by atoms with van der Waals surface area (Å²) in [5, 5.41) is 10.8. The van der Waals surface area contributed by atoms with Gasteiger partial charge in [0.05, 0.1) is 17.2 Å². The van der Waals surface area contributed by atoms with Crippen LogP contribution >= 0.6 is 11.3 Å². The van der Waals surface area contributed by atoms with E-state index in [0.29, 0.717) is 12.3 Å². The zero-order valence-electron chi connectivity index (χ0n) is 14.7. The molecule has 0 bridgehead atoms. The van der Waals surface area contributed by atoms with Crippen LogP contribution in [-0.2, 0) is 0 Å². The molecule has 0 aromatic carbocycles. The van der Waals surface area contributed by atoms with Crippen LogP contribution in [0, 0.1) is 11.8 Å². The molecule has 0 radical (unpaired) electrons. The van der Waals surface area contributed by atoms with Crippen molar-refractivity contribution in [3.63, 3.8) is 0 Å². The van der Waals surface area contributed by atoms with Crippen molar-refractivity contribution in [1.82, 2.24) is 14.5 Å². The number of likely N-dealkylation sites (tertiary alicyclic amines) is 1. The quantitative estimate of drug-likeness (QED) is 0.708. The minimum absolute atomic E-state index is 0.0657. The molecule has 1 aliphatic heterocycles. The highest BCUT2D eigenvalue weighted by Crippen LogP contribution is 2.31. The summed E-state index contributed by atoms with van der Waals surface area (Å²) >= 11 is 1.58. The Bertz CT molecular complexity index is 978. The van der Waals surface area contributed by atoms with Crippen molar-refractivity contribution < 1.29 is 14.3 Å². The number of piperidine rings is 1. The number of aliphatic hydroxyl groups is 1. The molecule has 1 atom stereocenters. The first-order chi connectivity index (χ1) is 13.3. The maximum atomic E-state index is 12.6. The number of rotatable bonds is 3. The predicted molar refractivity (Wildman–Crippen MR) is 102 cm³/mol. The predicted octanol–water partition coefficient (Wildman–Crippen LogP) is 3.03. The Kier molecular flexibility index (Phi) is 5.10. The second-order valence-electron chi connectivity index (χ2n) is 6.34. The molecule has 3 aromatic rings. The SMILES string of the molecule is O=C(c1ccco1)N1CCCC(n2ccnc2-c2cc(C#CCO)cs2)C1. The Balaban J connectivity index is 1.55. The molecule has 1 saturated heterocycles. The van der Waals surface area contributed by atoms with E-state index in [1.165, 1.54) is 6.26 Å². The van der Waals surface area contributed by atoms with Gasteiger partial charge in [0.2, 0.25) is 0 Å². The second-order valence-corrected chi connectivity index (χ2v) is 7.25. The van der Waals surface area contributed by atoms with Crippen molar-refractivity contribution in [1.29, 1.82) is 0 Å². The maximum absolute atomic E-state index is 12.6. The van der Waals surface area contributed by atoms with Crippen molar-refractivity contribution in [2.24, 2.45) is 0 Å². The molecule has 6 nitrogen and oxygen atoms in total. The van der Waals surface area contributed by atoms with Crippen LogP contribution in [0.3, 0.4) is 0 Å². The van der Waals surface area contributed by atoms with Crippen molar-refractivity contribution in [3.05, 3.63) is 53.6 Å². The van der Waals surface area contributed by atoms with Gasteiger partial charge in [-0.1, -0.05) is 11.8 Å². The summed E-state index contributed by atoms with van der Waals surface area (Å²) in [6.45, 7) is 1.22. The topological polar surface area (TPSA) is 71.5 Å². The van der Waals surface area contributed by atoms with Crippen LogP contribution in [0.5, 0.6) is 0 Å². The number of aliphatic hydroxyl groups excluding tert-OH is 1. The van der Waals surface area contributed by atoms with E-state index < -0.39 is 0 Å².